The Bertz CT molecular complexity index is 319. The van der Waals surface area contributed by atoms with Gasteiger partial charge in [0.2, 0.25) is 5.91 Å². The van der Waals surface area contributed by atoms with Crippen LogP contribution in [0.1, 0.15) is 24.0 Å². The molecule has 1 aromatic carbocycles. The molecule has 16 heavy (non-hydrogen) atoms. The van der Waals surface area contributed by atoms with Gasteiger partial charge in [0.1, 0.15) is 0 Å². The predicted molar refractivity (Wildman–Crippen MR) is 65.6 cm³/mol. The predicted octanol–water partition coefficient (Wildman–Crippen LogP) is 1.55. The third-order valence-electron chi connectivity index (χ3n) is 2.33. The van der Waals surface area contributed by atoms with Gasteiger partial charge in [-0.25, -0.2) is 0 Å². The van der Waals surface area contributed by atoms with Crippen LogP contribution in [0.2, 0.25) is 0 Å². The number of hydrogen-bond donors (Lipinski definition) is 2. The van der Waals surface area contributed by atoms with Crippen molar-refractivity contribution in [2.45, 2.75) is 26.2 Å². The Kier molecular flexibility index (Phi) is 5.57. The van der Waals surface area contributed by atoms with E-state index in [9.17, 15) is 4.79 Å². The summed E-state index contributed by atoms with van der Waals surface area (Å²) in [5.41, 5.74) is 7.77. The maximum atomic E-state index is 11.2. The van der Waals surface area contributed by atoms with Crippen LogP contribution in [0.25, 0.3) is 0 Å². The van der Waals surface area contributed by atoms with E-state index in [1.54, 1.807) is 6.54 Å². The molecule has 1 rings (SSSR count). The van der Waals surface area contributed by atoms with Gasteiger partial charge in [-0.1, -0.05) is 29.8 Å². The molecule has 0 aromatic heterocycles. The summed E-state index contributed by atoms with van der Waals surface area (Å²) >= 11 is 0. The van der Waals surface area contributed by atoms with Gasteiger partial charge in [-0.15, -0.1) is 0 Å². The van der Waals surface area contributed by atoms with Crippen LogP contribution in [0.3, 0.4) is 0 Å². The zero-order chi connectivity index (χ0) is 11.8. The minimum absolute atomic E-state index is 0.0394. The summed E-state index contributed by atoms with van der Waals surface area (Å²) in [7, 11) is 0. The molecule has 0 aliphatic carbocycles. The van der Waals surface area contributed by atoms with Crippen molar-refractivity contribution in [1.29, 1.82) is 0 Å². The fourth-order valence-corrected chi connectivity index (χ4v) is 1.34. The molecule has 0 fully saturated rings. The molecule has 0 aliphatic heterocycles. The van der Waals surface area contributed by atoms with Crippen molar-refractivity contribution in [2.24, 2.45) is 5.73 Å². The number of hydrogen-bond acceptors (Lipinski definition) is 2. The lowest BCUT2D eigenvalue weighted by Gasteiger charge is -2.04. The highest BCUT2D eigenvalue weighted by Gasteiger charge is 1.99. The van der Waals surface area contributed by atoms with Crippen LogP contribution in [-0.4, -0.2) is 12.5 Å². The van der Waals surface area contributed by atoms with E-state index < -0.39 is 0 Å². The molecule has 0 saturated carbocycles. The molecule has 3 heteroatoms. The van der Waals surface area contributed by atoms with E-state index in [0.29, 0.717) is 13.0 Å². The summed E-state index contributed by atoms with van der Waals surface area (Å²) in [6.07, 6.45) is 2.00. The van der Waals surface area contributed by atoms with Gasteiger partial charge in [-0.3, -0.25) is 4.79 Å². The Morgan fingerprint density at radius 3 is 2.69 bits per heavy atom. The van der Waals surface area contributed by atoms with Crippen LogP contribution in [0, 0.1) is 13.5 Å². The average molecular weight is 219 g/mol. The molecule has 1 radical (unpaired) electrons. The fourth-order valence-electron chi connectivity index (χ4n) is 1.34. The van der Waals surface area contributed by atoms with Crippen molar-refractivity contribution >= 4 is 5.91 Å². The Morgan fingerprint density at radius 1 is 1.38 bits per heavy atom. The van der Waals surface area contributed by atoms with E-state index in [1.165, 1.54) is 11.1 Å². The van der Waals surface area contributed by atoms with Crippen LogP contribution in [0.4, 0.5) is 0 Å². The van der Waals surface area contributed by atoms with Gasteiger partial charge in [-0.05, 0) is 31.9 Å². The second kappa shape index (κ2) is 7.01. The van der Waals surface area contributed by atoms with Crippen molar-refractivity contribution in [1.82, 2.24) is 5.32 Å². The largest absolute Gasteiger partial charge is 0.351 e. The normalized spacial score (nSPS) is 10.1. The Hall–Kier alpha value is -1.35. The number of carbonyl (C=O) groups is 1. The lowest BCUT2D eigenvalue weighted by Crippen LogP contribution is -2.21. The van der Waals surface area contributed by atoms with Gasteiger partial charge < -0.3 is 11.1 Å². The van der Waals surface area contributed by atoms with Crippen molar-refractivity contribution < 1.29 is 4.79 Å². The highest BCUT2D eigenvalue weighted by atomic mass is 16.1. The van der Waals surface area contributed by atoms with Crippen LogP contribution in [0.5, 0.6) is 0 Å². The Balaban J connectivity index is 2.20. The van der Waals surface area contributed by atoms with E-state index in [1.807, 2.05) is 0 Å². The number of benzene rings is 1. The van der Waals surface area contributed by atoms with E-state index in [2.05, 4.69) is 36.5 Å². The molecule has 0 saturated heterocycles. The topological polar surface area (TPSA) is 55.1 Å². The minimum Gasteiger partial charge on any atom is -0.351 e. The molecule has 0 unspecified atom stereocenters. The number of amides is 1. The first kappa shape index (κ1) is 12.7. The smallest absolute Gasteiger partial charge is 0.220 e. The molecule has 0 bridgehead atoms. The lowest BCUT2D eigenvalue weighted by molar-refractivity contribution is -0.120. The maximum absolute atomic E-state index is 11.2. The van der Waals surface area contributed by atoms with Crippen LogP contribution >= 0.6 is 0 Å². The van der Waals surface area contributed by atoms with E-state index in [4.69, 9.17) is 5.73 Å². The molecule has 0 atom stereocenters. The summed E-state index contributed by atoms with van der Waals surface area (Å²) < 4.78 is 0. The molecular formula is C13H19N2O. The highest BCUT2D eigenvalue weighted by molar-refractivity contribution is 5.76. The van der Waals surface area contributed by atoms with Crippen molar-refractivity contribution in [3.05, 3.63) is 41.9 Å². The third-order valence-corrected chi connectivity index (χ3v) is 2.33. The molecular weight excluding hydrogens is 200 g/mol. The van der Waals surface area contributed by atoms with Crippen molar-refractivity contribution in [3.8, 4) is 0 Å². The summed E-state index contributed by atoms with van der Waals surface area (Å²) in [5.74, 6) is 0.0394. The summed E-state index contributed by atoms with van der Waals surface area (Å²) in [6.45, 7) is 4.41. The first-order chi connectivity index (χ1) is 7.72. The van der Waals surface area contributed by atoms with E-state index >= 15 is 0 Å². The summed E-state index contributed by atoms with van der Waals surface area (Å²) in [6, 6.07) is 8.27. The highest BCUT2D eigenvalue weighted by Crippen LogP contribution is 2.04. The molecule has 3 N–H and O–H groups in total. The Labute approximate surface area is 97.0 Å². The number of nitrogens with two attached hydrogens (primary N) is 1. The van der Waals surface area contributed by atoms with Gasteiger partial charge in [0.25, 0.3) is 0 Å². The first-order valence-corrected chi connectivity index (χ1v) is 5.59. The molecule has 0 spiro atoms. The van der Waals surface area contributed by atoms with Crippen LogP contribution < -0.4 is 11.1 Å². The third kappa shape index (κ3) is 4.94. The van der Waals surface area contributed by atoms with Crippen molar-refractivity contribution in [2.75, 3.05) is 6.54 Å². The lowest BCUT2D eigenvalue weighted by atomic mass is 10.1. The fraction of sp³-hybridized carbons (Fsp3) is 0.385. The zero-order valence-corrected chi connectivity index (χ0v) is 9.70. The summed E-state index contributed by atoms with van der Waals surface area (Å²) in [4.78, 5) is 11.2. The molecule has 0 aliphatic rings. The molecule has 1 aromatic rings. The van der Waals surface area contributed by atoms with Crippen LogP contribution in [-0.2, 0) is 11.2 Å². The second-order valence-corrected chi connectivity index (χ2v) is 3.85. The van der Waals surface area contributed by atoms with Gasteiger partial charge >= 0.3 is 0 Å². The quantitative estimate of drug-likeness (QED) is 0.762. The van der Waals surface area contributed by atoms with Gasteiger partial charge in [0.15, 0.2) is 0 Å². The number of rotatable bonds is 6. The van der Waals surface area contributed by atoms with E-state index in [0.717, 1.165) is 12.8 Å². The molecule has 87 valence electrons. The number of nitrogens with one attached hydrogen (secondary N) is 1. The summed E-state index contributed by atoms with van der Waals surface area (Å²) in [5, 5.41) is 2.76. The average Bonchev–Trinajstić information content (AvgIpc) is 2.29. The maximum Gasteiger partial charge on any atom is 0.220 e. The Morgan fingerprint density at radius 2 is 2.06 bits per heavy atom. The van der Waals surface area contributed by atoms with Gasteiger partial charge in [0.05, 0.1) is 6.54 Å². The first-order valence-electron chi connectivity index (χ1n) is 5.59. The van der Waals surface area contributed by atoms with Gasteiger partial charge in [-0.2, -0.15) is 0 Å². The van der Waals surface area contributed by atoms with Crippen molar-refractivity contribution in [3.63, 3.8) is 0 Å². The van der Waals surface area contributed by atoms with E-state index in [-0.39, 0.29) is 5.91 Å². The zero-order valence-electron chi connectivity index (χ0n) is 9.70. The molecule has 3 nitrogen and oxygen atoms in total. The number of aryl methyl sites for hydroxylation is 1. The molecule has 0 heterocycles. The second-order valence-electron chi connectivity index (χ2n) is 3.85. The standard InChI is InChI=1S/C13H19N2O/c1-11-4-6-12(7-5-11)8-10-15-13(16)3-2-9-14/h4-7,10H,2-3,8-9,14H2,1H3,(H,15,16). The number of carbonyl (C=O) groups excluding carboxylic acids is 1. The molecule has 1 amide bonds. The SMILES string of the molecule is Cc1ccc(C[CH]NC(=O)CCCN)cc1. The minimum atomic E-state index is 0.0394. The van der Waals surface area contributed by atoms with Crippen LogP contribution in [0.15, 0.2) is 24.3 Å². The monoisotopic (exact) mass is 219 g/mol. The van der Waals surface area contributed by atoms with Gasteiger partial charge in [0, 0.05) is 6.42 Å².